The molecule has 0 radical (unpaired) electrons. The maximum atomic E-state index is 11.6. The molecule has 4 nitrogen and oxygen atoms in total. The van der Waals surface area contributed by atoms with E-state index in [0.29, 0.717) is 13.1 Å². The van der Waals surface area contributed by atoms with Crippen LogP contribution in [0.3, 0.4) is 0 Å². The van der Waals surface area contributed by atoms with Crippen molar-refractivity contribution in [3.8, 4) is 0 Å². The minimum Gasteiger partial charge on any atom is -0.344 e. The van der Waals surface area contributed by atoms with Crippen LogP contribution in [0.5, 0.6) is 0 Å². The van der Waals surface area contributed by atoms with Crippen molar-refractivity contribution in [3.63, 3.8) is 0 Å². The predicted octanol–water partition coefficient (Wildman–Crippen LogP) is 0.289. The Labute approximate surface area is 90.4 Å². The molecule has 1 N–H and O–H groups in total. The second-order valence-electron chi connectivity index (χ2n) is 2.96. The van der Waals surface area contributed by atoms with Gasteiger partial charge in [0.25, 0.3) is 0 Å². The van der Waals surface area contributed by atoms with E-state index >= 15 is 0 Å². The van der Waals surface area contributed by atoms with Crippen LogP contribution in [-0.2, 0) is 9.59 Å². The summed E-state index contributed by atoms with van der Waals surface area (Å²) in [5.41, 5.74) is 0. The Hall–Kier alpha value is -0.710. The Kier molecular flexibility index (Phi) is 6.36. The third kappa shape index (κ3) is 4.00. The topological polar surface area (TPSA) is 49.4 Å². The number of nitrogens with one attached hydrogen (secondary N) is 1. The van der Waals surface area contributed by atoms with Crippen LogP contribution in [0.2, 0.25) is 0 Å². The fourth-order valence-electron chi connectivity index (χ4n) is 1.16. The summed E-state index contributed by atoms with van der Waals surface area (Å²) >= 11 is 3.82. The van der Waals surface area contributed by atoms with E-state index in [-0.39, 0.29) is 17.6 Å². The number of carbonyl (C=O) groups excluding carboxylic acids is 2. The van der Waals surface area contributed by atoms with Crippen LogP contribution in [0.4, 0.5) is 0 Å². The molecule has 0 rings (SSSR count). The highest BCUT2D eigenvalue weighted by Gasteiger charge is 2.18. The lowest BCUT2D eigenvalue weighted by Crippen LogP contribution is -2.47. The van der Waals surface area contributed by atoms with Gasteiger partial charge in [0.05, 0.1) is 5.75 Å². The molecular formula is C9H18N2O2S. The number of likely N-dealkylation sites (N-methyl/N-ethyl adjacent to an activating group) is 1. The molecule has 0 saturated carbocycles. The molecule has 14 heavy (non-hydrogen) atoms. The molecule has 0 aromatic rings. The van der Waals surface area contributed by atoms with Crippen molar-refractivity contribution in [2.24, 2.45) is 0 Å². The molecule has 0 saturated heterocycles. The lowest BCUT2D eigenvalue weighted by Gasteiger charge is -2.23. The summed E-state index contributed by atoms with van der Waals surface area (Å²) in [6, 6.07) is -0.463. The van der Waals surface area contributed by atoms with E-state index in [4.69, 9.17) is 0 Å². The maximum absolute atomic E-state index is 11.6. The van der Waals surface area contributed by atoms with Gasteiger partial charge in [0.15, 0.2) is 0 Å². The molecule has 2 amide bonds. The second kappa shape index (κ2) is 6.70. The largest absolute Gasteiger partial charge is 0.344 e. The van der Waals surface area contributed by atoms with E-state index < -0.39 is 6.04 Å². The summed E-state index contributed by atoms with van der Waals surface area (Å²) in [5.74, 6) is -0.165. The van der Waals surface area contributed by atoms with Gasteiger partial charge < -0.3 is 10.2 Å². The van der Waals surface area contributed by atoms with Gasteiger partial charge in [-0.25, -0.2) is 0 Å². The smallest absolute Gasteiger partial charge is 0.244 e. The first-order valence-electron chi connectivity index (χ1n) is 4.75. The van der Waals surface area contributed by atoms with Gasteiger partial charge in [0.2, 0.25) is 11.8 Å². The molecule has 0 aliphatic heterocycles. The quantitative estimate of drug-likeness (QED) is 0.652. The zero-order chi connectivity index (χ0) is 11.1. The molecule has 0 spiro atoms. The number of hydrogen-bond donors (Lipinski definition) is 2. The molecule has 0 bridgehead atoms. The second-order valence-corrected chi connectivity index (χ2v) is 3.27. The number of nitrogens with zero attached hydrogens (tertiary/aromatic N) is 1. The van der Waals surface area contributed by atoms with Crippen LogP contribution in [0, 0.1) is 0 Å². The summed E-state index contributed by atoms with van der Waals surface area (Å²) in [6.07, 6.45) is 0. The molecule has 1 atom stereocenters. The zero-order valence-electron chi connectivity index (χ0n) is 8.91. The van der Waals surface area contributed by atoms with Crippen LogP contribution in [-0.4, -0.2) is 41.6 Å². The first-order valence-corrected chi connectivity index (χ1v) is 5.39. The van der Waals surface area contributed by atoms with Crippen molar-refractivity contribution in [1.29, 1.82) is 0 Å². The SMILES string of the molecule is CCN(CC)C(=O)C(C)NC(=O)CS. The van der Waals surface area contributed by atoms with Crippen LogP contribution in [0.1, 0.15) is 20.8 Å². The average molecular weight is 218 g/mol. The van der Waals surface area contributed by atoms with Crippen LogP contribution < -0.4 is 5.32 Å². The van der Waals surface area contributed by atoms with Gasteiger partial charge in [-0.05, 0) is 20.8 Å². The van der Waals surface area contributed by atoms with E-state index in [0.717, 1.165) is 0 Å². The Morgan fingerprint density at radius 2 is 1.86 bits per heavy atom. The number of amides is 2. The first-order chi connectivity index (χ1) is 6.56. The third-order valence-electron chi connectivity index (χ3n) is 1.97. The fourth-order valence-corrected chi connectivity index (χ4v) is 1.25. The number of carbonyl (C=O) groups is 2. The molecule has 0 aromatic carbocycles. The van der Waals surface area contributed by atoms with Crippen LogP contribution >= 0.6 is 12.6 Å². The van der Waals surface area contributed by atoms with E-state index in [9.17, 15) is 9.59 Å². The molecular weight excluding hydrogens is 200 g/mol. The van der Waals surface area contributed by atoms with Crippen molar-refractivity contribution in [1.82, 2.24) is 10.2 Å². The van der Waals surface area contributed by atoms with Gasteiger partial charge in [0.1, 0.15) is 6.04 Å². The molecule has 0 aromatic heterocycles. The Morgan fingerprint density at radius 1 is 1.36 bits per heavy atom. The zero-order valence-corrected chi connectivity index (χ0v) is 9.80. The van der Waals surface area contributed by atoms with E-state index in [1.165, 1.54) is 0 Å². The Bertz CT molecular complexity index is 205. The maximum Gasteiger partial charge on any atom is 0.244 e. The summed E-state index contributed by atoms with van der Waals surface area (Å²) in [7, 11) is 0. The lowest BCUT2D eigenvalue weighted by atomic mass is 10.3. The van der Waals surface area contributed by atoms with Crippen molar-refractivity contribution < 1.29 is 9.59 Å². The minimum absolute atomic E-state index is 0.0508. The number of hydrogen-bond acceptors (Lipinski definition) is 3. The fraction of sp³-hybridized carbons (Fsp3) is 0.778. The Balaban J connectivity index is 4.16. The van der Waals surface area contributed by atoms with Crippen LogP contribution in [0.15, 0.2) is 0 Å². The summed E-state index contributed by atoms with van der Waals surface area (Å²) in [6.45, 7) is 6.83. The van der Waals surface area contributed by atoms with Crippen LogP contribution in [0.25, 0.3) is 0 Å². The summed E-state index contributed by atoms with van der Waals surface area (Å²) in [4.78, 5) is 24.3. The van der Waals surface area contributed by atoms with Crippen molar-refractivity contribution in [3.05, 3.63) is 0 Å². The molecule has 0 heterocycles. The van der Waals surface area contributed by atoms with Gasteiger partial charge in [-0.2, -0.15) is 12.6 Å². The van der Waals surface area contributed by atoms with Gasteiger partial charge in [-0.1, -0.05) is 0 Å². The lowest BCUT2D eigenvalue weighted by molar-refractivity contribution is -0.135. The number of rotatable bonds is 5. The van der Waals surface area contributed by atoms with Gasteiger partial charge in [-0.3, -0.25) is 9.59 Å². The monoisotopic (exact) mass is 218 g/mol. The molecule has 0 aliphatic carbocycles. The molecule has 0 fully saturated rings. The number of thiol groups is 1. The van der Waals surface area contributed by atoms with Gasteiger partial charge in [-0.15, -0.1) is 0 Å². The summed E-state index contributed by atoms with van der Waals surface area (Å²) in [5, 5.41) is 2.57. The highest BCUT2D eigenvalue weighted by molar-refractivity contribution is 7.81. The van der Waals surface area contributed by atoms with E-state index in [2.05, 4.69) is 17.9 Å². The van der Waals surface area contributed by atoms with E-state index in [1.807, 2.05) is 13.8 Å². The third-order valence-corrected chi connectivity index (χ3v) is 2.25. The first kappa shape index (κ1) is 13.3. The van der Waals surface area contributed by atoms with E-state index in [1.54, 1.807) is 11.8 Å². The highest BCUT2D eigenvalue weighted by atomic mass is 32.1. The molecule has 0 aliphatic rings. The molecule has 1 unspecified atom stereocenters. The average Bonchev–Trinajstić information content (AvgIpc) is 2.19. The minimum atomic E-state index is -0.463. The molecule has 5 heteroatoms. The van der Waals surface area contributed by atoms with Crippen molar-refractivity contribution in [2.75, 3.05) is 18.8 Å². The standard InChI is InChI=1S/C9H18N2O2S/c1-4-11(5-2)9(13)7(3)10-8(12)6-14/h7,14H,4-6H2,1-3H3,(H,10,12). The normalized spacial score (nSPS) is 12.0. The molecule has 82 valence electrons. The van der Waals surface area contributed by atoms with Gasteiger partial charge >= 0.3 is 0 Å². The Morgan fingerprint density at radius 3 is 2.21 bits per heavy atom. The highest BCUT2D eigenvalue weighted by Crippen LogP contribution is 1.94. The van der Waals surface area contributed by atoms with Crippen molar-refractivity contribution in [2.45, 2.75) is 26.8 Å². The predicted molar refractivity (Wildman–Crippen MR) is 59.4 cm³/mol. The van der Waals surface area contributed by atoms with Crippen molar-refractivity contribution >= 4 is 24.4 Å². The van der Waals surface area contributed by atoms with Gasteiger partial charge in [0, 0.05) is 13.1 Å². The summed E-state index contributed by atoms with van der Waals surface area (Å²) < 4.78 is 0.